The molecule has 1 aromatic carbocycles. The molecule has 4 heteroatoms. The Morgan fingerprint density at radius 1 is 1.00 bits per heavy atom. The maximum atomic E-state index is 12.6. The van der Waals surface area contributed by atoms with Crippen LogP contribution in [0.15, 0.2) is 23.0 Å². The van der Waals surface area contributed by atoms with Gasteiger partial charge in [-0.2, -0.15) is 0 Å². The molecule has 0 atom stereocenters. The summed E-state index contributed by atoms with van der Waals surface area (Å²) in [5.41, 5.74) is 9.00. The molecular weight excluding hydrogens is 334 g/mol. The van der Waals surface area contributed by atoms with Crippen molar-refractivity contribution < 1.29 is 0 Å². The van der Waals surface area contributed by atoms with Gasteiger partial charge in [0, 0.05) is 49.4 Å². The highest BCUT2D eigenvalue weighted by atomic mass is 16.1. The van der Waals surface area contributed by atoms with Gasteiger partial charge in [0.1, 0.15) is 0 Å². The van der Waals surface area contributed by atoms with Crippen LogP contribution in [0.25, 0.3) is 11.3 Å². The van der Waals surface area contributed by atoms with Crippen LogP contribution in [-0.2, 0) is 19.3 Å². The molecule has 27 heavy (non-hydrogen) atoms. The second kappa shape index (κ2) is 6.83. The predicted octanol–water partition coefficient (Wildman–Crippen LogP) is 3.36. The van der Waals surface area contributed by atoms with Crippen LogP contribution in [-0.4, -0.2) is 42.6 Å². The number of piperazine rings is 1. The minimum absolute atomic E-state index is 0.146. The number of fused-ring (bicyclic) bond motifs is 5. The van der Waals surface area contributed by atoms with Crippen LogP contribution in [0.4, 0.5) is 5.69 Å². The first-order chi connectivity index (χ1) is 13.2. The summed E-state index contributed by atoms with van der Waals surface area (Å²) in [6.45, 7) is 8.01. The fourth-order valence-corrected chi connectivity index (χ4v) is 5.23. The third-order valence-electron chi connectivity index (χ3n) is 6.65. The summed E-state index contributed by atoms with van der Waals surface area (Å²) >= 11 is 0. The average Bonchev–Trinajstić information content (AvgIpc) is 3.07. The van der Waals surface area contributed by atoms with E-state index in [1.165, 1.54) is 47.3 Å². The maximum absolute atomic E-state index is 12.6. The van der Waals surface area contributed by atoms with Crippen molar-refractivity contribution in [2.45, 2.75) is 45.4 Å². The van der Waals surface area contributed by atoms with Gasteiger partial charge in [0.05, 0.1) is 5.69 Å². The van der Waals surface area contributed by atoms with E-state index in [1.807, 2.05) is 0 Å². The van der Waals surface area contributed by atoms with E-state index in [4.69, 9.17) is 0 Å². The largest absolute Gasteiger partial charge is 0.369 e. The number of hydrogen-bond acceptors (Lipinski definition) is 3. The van der Waals surface area contributed by atoms with E-state index < -0.39 is 0 Å². The molecule has 1 aromatic heterocycles. The van der Waals surface area contributed by atoms with E-state index in [1.54, 1.807) is 0 Å². The minimum Gasteiger partial charge on any atom is -0.369 e. The molecule has 0 radical (unpaired) electrons. The second-order valence-corrected chi connectivity index (χ2v) is 8.32. The number of benzene rings is 1. The van der Waals surface area contributed by atoms with Gasteiger partial charge in [0.15, 0.2) is 0 Å². The number of nitrogens with zero attached hydrogens (tertiary/aromatic N) is 2. The Hall–Kier alpha value is -2.07. The van der Waals surface area contributed by atoms with Crippen molar-refractivity contribution in [2.75, 3.05) is 37.6 Å². The minimum atomic E-state index is 0.146. The van der Waals surface area contributed by atoms with Gasteiger partial charge in [0.2, 0.25) is 0 Å². The molecule has 3 aliphatic rings. The van der Waals surface area contributed by atoms with Crippen LogP contribution in [0.1, 0.15) is 48.4 Å². The third kappa shape index (κ3) is 2.91. The van der Waals surface area contributed by atoms with Crippen LogP contribution < -0.4 is 10.5 Å². The lowest BCUT2D eigenvalue weighted by atomic mass is 9.88. The lowest BCUT2D eigenvalue weighted by Gasteiger charge is -2.36. The van der Waals surface area contributed by atoms with E-state index in [2.05, 4.69) is 39.9 Å². The summed E-state index contributed by atoms with van der Waals surface area (Å²) in [5, 5.41) is 0. The third-order valence-corrected chi connectivity index (χ3v) is 6.65. The highest BCUT2D eigenvalue weighted by Gasteiger charge is 2.27. The van der Waals surface area contributed by atoms with Crippen molar-refractivity contribution in [3.63, 3.8) is 0 Å². The fraction of sp³-hybridized carbons (Fsp3) is 0.522. The van der Waals surface area contributed by atoms with E-state index in [9.17, 15) is 4.79 Å². The summed E-state index contributed by atoms with van der Waals surface area (Å²) in [4.78, 5) is 20.9. The highest BCUT2D eigenvalue weighted by molar-refractivity contribution is 5.77. The van der Waals surface area contributed by atoms with Crippen molar-refractivity contribution in [2.24, 2.45) is 0 Å². The van der Waals surface area contributed by atoms with Gasteiger partial charge in [-0.05, 0) is 67.5 Å². The summed E-state index contributed by atoms with van der Waals surface area (Å²) in [7, 11) is 0. The van der Waals surface area contributed by atoms with E-state index in [0.29, 0.717) is 0 Å². The van der Waals surface area contributed by atoms with E-state index >= 15 is 0 Å². The molecule has 1 aliphatic heterocycles. The Labute approximate surface area is 161 Å². The molecule has 1 saturated heterocycles. The predicted molar refractivity (Wildman–Crippen MR) is 111 cm³/mol. The summed E-state index contributed by atoms with van der Waals surface area (Å²) in [6.07, 6.45) is 6.60. The Bertz CT molecular complexity index is 922. The van der Waals surface area contributed by atoms with Gasteiger partial charge in [0.25, 0.3) is 5.56 Å². The Morgan fingerprint density at radius 3 is 2.56 bits per heavy atom. The molecule has 0 bridgehead atoms. The molecule has 0 spiro atoms. The van der Waals surface area contributed by atoms with Gasteiger partial charge < -0.3 is 9.88 Å². The highest BCUT2D eigenvalue weighted by Crippen LogP contribution is 2.40. The molecule has 2 aromatic rings. The van der Waals surface area contributed by atoms with E-state index in [0.717, 1.165) is 63.1 Å². The van der Waals surface area contributed by atoms with Crippen molar-refractivity contribution in [1.29, 1.82) is 0 Å². The number of rotatable bonds is 3. The average molecular weight is 364 g/mol. The first-order valence-corrected chi connectivity index (χ1v) is 10.6. The van der Waals surface area contributed by atoms with Crippen LogP contribution in [0.3, 0.4) is 0 Å². The van der Waals surface area contributed by atoms with E-state index in [-0.39, 0.29) is 5.56 Å². The monoisotopic (exact) mass is 363 g/mol. The normalized spacial score (nSPS) is 18.9. The zero-order valence-corrected chi connectivity index (χ0v) is 16.3. The quantitative estimate of drug-likeness (QED) is 0.776. The van der Waals surface area contributed by atoms with Gasteiger partial charge in [-0.15, -0.1) is 0 Å². The lowest BCUT2D eigenvalue weighted by Crippen LogP contribution is -2.46. The number of H-pyrrole nitrogens is 1. The smallest absolute Gasteiger partial charge is 0.251 e. The van der Waals surface area contributed by atoms with Crippen molar-refractivity contribution >= 4 is 5.69 Å². The molecule has 1 N–H and O–H groups in total. The number of hydrogen-bond donors (Lipinski definition) is 1. The lowest BCUT2D eigenvalue weighted by molar-refractivity contribution is 0.258. The van der Waals surface area contributed by atoms with Gasteiger partial charge in [-0.1, -0.05) is 13.0 Å². The summed E-state index contributed by atoms with van der Waals surface area (Å²) in [5.74, 6) is 0. The Kier molecular flexibility index (Phi) is 4.31. The molecule has 2 aliphatic carbocycles. The SMILES string of the molecule is CCCN1CCN(c2ccc3c(c2)Cc2c-3[nH]c(=O)c3c2CCCC3)CC1. The number of aromatic nitrogens is 1. The van der Waals surface area contributed by atoms with Crippen molar-refractivity contribution in [1.82, 2.24) is 9.88 Å². The molecule has 142 valence electrons. The van der Waals surface area contributed by atoms with Crippen LogP contribution in [0, 0.1) is 0 Å². The van der Waals surface area contributed by atoms with Crippen LogP contribution in [0.5, 0.6) is 0 Å². The standard InChI is InChI=1S/C23H29N3O/c1-2-9-25-10-12-26(13-11-25)17-7-8-18-16(14-17)15-21-19-5-3-4-6-20(19)23(27)24-22(18)21/h7-8,14H,2-6,9-13,15H2,1H3,(H,24,27). The molecule has 1 fully saturated rings. The van der Waals surface area contributed by atoms with Gasteiger partial charge >= 0.3 is 0 Å². The molecule has 0 saturated carbocycles. The van der Waals surface area contributed by atoms with Gasteiger partial charge in [-0.25, -0.2) is 0 Å². The number of anilines is 1. The molecule has 5 rings (SSSR count). The molecule has 0 unspecified atom stereocenters. The second-order valence-electron chi connectivity index (χ2n) is 8.32. The first-order valence-electron chi connectivity index (χ1n) is 10.6. The topological polar surface area (TPSA) is 39.3 Å². The first kappa shape index (κ1) is 17.1. The van der Waals surface area contributed by atoms with Crippen molar-refractivity contribution in [3.8, 4) is 11.3 Å². The number of pyridine rings is 1. The molecular formula is C23H29N3O. The molecule has 2 heterocycles. The summed E-state index contributed by atoms with van der Waals surface area (Å²) in [6, 6.07) is 6.86. The number of nitrogens with one attached hydrogen (secondary N) is 1. The molecule has 4 nitrogen and oxygen atoms in total. The molecule has 0 amide bonds. The number of aromatic amines is 1. The van der Waals surface area contributed by atoms with Crippen LogP contribution >= 0.6 is 0 Å². The van der Waals surface area contributed by atoms with Gasteiger partial charge in [-0.3, -0.25) is 9.69 Å². The zero-order valence-electron chi connectivity index (χ0n) is 16.3. The summed E-state index contributed by atoms with van der Waals surface area (Å²) < 4.78 is 0. The zero-order chi connectivity index (χ0) is 18.4. The Morgan fingerprint density at radius 2 is 1.78 bits per heavy atom. The van der Waals surface area contributed by atoms with Crippen LogP contribution in [0.2, 0.25) is 0 Å². The van der Waals surface area contributed by atoms with Crippen molar-refractivity contribution in [3.05, 3.63) is 50.8 Å². The maximum Gasteiger partial charge on any atom is 0.251 e. The fourth-order valence-electron chi connectivity index (χ4n) is 5.23. The Balaban J connectivity index is 1.43.